The minimum atomic E-state index is 0.504. The molecule has 1 fully saturated rings. The van der Waals surface area contributed by atoms with E-state index in [1.54, 1.807) is 22.7 Å². The Balaban J connectivity index is 1.35. The molecule has 1 aromatic carbocycles. The van der Waals surface area contributed by atoms with E-state index in [9.17, 15) is 0 Å². The maximum atomic E-state index is 6.01. The molecule has 4 rings (SSSR count). The highest BCUT2D eigenvalue weighted by molar-refractivity contribution is 6.34. The molecule has 0 unspecified atom stereocenters. The predicted molar refractivity (Wildman–Crippen MR) is 102 cm³/mol. The molecule has 0 bridgehead atoms. The number of aryl methyl sites for hydroxylation is 1. The Morgan fingerprint density at radius 1 is 1.08 bits per heavy atom. The summed E-state index contributed by atoms with van der Waals surface area (Å²) < 4.78 is 7.67. The zero-order valence-electron chi connectivity index (χ0n) is 14.4. The molecule has 0 aliphatic carbocycles. The van der Waals surface area contributed by atoms with Gasteiger partial charge in [0.1, 0.15) is 11.6 Å². The third kappa shape index (κ3) is 3.71. The Morgan fingerprint density at radius 3 is 2.54 bits per heavy atom. The number of halogens is 2. The van der Waals surface area contributed by atoms with Gasteiger partial charge in [0.2, 0.25) is 0 Å². The van der Waals surface area contributed by atoms with Crippen molar-refractivity contribution in [2.45, 2.75) is 19.8 Å². The van der Waals surface area contributed by atoms with Crippen molar-refractivity contribution >= 4 is 34.7 Å². The maximum absolute atomic E-state index is 6.01. The first-order valence-electron chi connectivity index (χ1n) is 8.61. The molecule has 3 heterocycles. The lowest BCUT2D eigenvalue weighted by molar-refractivity contribution is 0.222. The number of anilines is 1. The van der Waals surface area contributed by atoms with E-state index >= 15 is 0 Å². The first-order valence-corrected chi connectivity index (χ1v) is 9.37. The summed E-state index contributed by atoms with van der Waals surface area (Å²) in [7, 11) is 0. The maximum Gasteiger partial charge on any atom is 0.178 e. The van der Waals surface area contributed by atoms with Gasteiger partial charge in [-0.15, -0.1) is 15.3 Å². The number of rotatable bonds is 4. The van der Waals surface area contributed by atoms with Gasteiger partial charge in [0.25, 0.3) is 0 Å². The van der Waals surface area contributed by atoms with Crippen LogP contribution in [0.15, 0.2) is 30.3 Å². The highest BCUT2D eigenvalue weighted by atomic mass is 35.5. The van der Waals surface area contributed by atoms with Crippen molar-refractivity contribution in [3.63, 3.8) is 0 Å². The van der Waals surface area contributed by atoms with E-state index in [1.165, 1.54) is 0 Å². The molecule has 3 aromatic rings. The van der Waals surface area contributed by atoms with E-state index in [1.807, 2.05) is 19.1 Å². The van der Waals surface area contributed by atoms with Gasteiger partial charge < -0.3 is 9.64 Å². The monoisotopic (exact) mass is 391 g/mol. The smallest absolute Gasteiger partial charge is 0.178 e. The quantitative estimate of drug-likeness (QED) is 0.671. The van der Waals surface area contributed by atoms with Crippen LogP contribution in [-0.2, 0) is 0 Å². The lowest BCUT2D eigenvalue weighted by Crippen LogP contribution is -2.36. The Hall–Kier alpha value is -2.05. The van der Waals surface area contributed by atoms with Crippen LogP contribution >= 0.6 is 23.2 Å². The van der Waals surface area contributed by atoms with E-state index in [4.69, 9.17) is 27.9 Å². The topological polar surface area (TPSA) is 55.5 Å². The van der Waals surface area contributed by atoms with Crippen molar-refractivity contribution in [1.82, 2.24) is 19.8 Å². The zero-order valence-corrected chi connectivity index (χ0v) is 15.9. The normalized spacial score (nSPS) is 15.6. The van der Waals surface area contributed by atoms with Crippen molar-refractivity contribution < 1.29 is 4.74 Å². The molecule has 136 valence electrons. The van der Waals surface area contributed by atoms with Crippen LogP contribution in [0.3, 0.4) is 0 Å². The first kappa shape index (κ1) is 17.4. The van der Waals surface area contributed by atoms with Crippen molar-refractivity contribution in [3.8, 4) is 5.75 Å². The third-order valence-corrected chi connectivity index (χ3v) is 5.10. The van der Waals surface area contributed by atoms with Crippen LogP contribution in [-0.4, -0.2) is 39.5 Å². The molecule has 1 aliphatic heterocycles. The van der Waals surface area contributed by atoms with Gasteiger partial charge in [0, 0.05) is 23.1 Å². The van der Waals surface area contributed by atoms with Crippen LogP contribution in [0.25, 0.3) is 5.65 Å². The molecule has 1 saturated heterocycles. The number of hydrogen-bond acceptors (Lipinski definition) is 5. The molecular weight excluding hydrogens is 373 g/mol. The molecule has 8 heteroatoms. The van der Waals surface area contributed by atoms with E-state index in [2.05, 4.69) is 20.2 Å². The molecule has 0 spiro atoms. The molecule has 0 N–H and O–H groups in total. The molecule has 6 nitrogen and oxygen atoms in total. The van der Waals surface area contributed by atoms with E-state index in [0.717, 1.165) is 49.0 Å². The summed E-state index contributed by atoms with van der Waals surface area (Å²) in [6.45, 7) is 4.47. The Bertz CT molecular complexity index is 901. The number of nitrogens with zero attached hydrogens (tertiary/aromatic N) is 5. The number of fused-ring (bicyclic) bond motifs is 1. The van der Waals surface area contributed by atoms with Crippen LogP contribution < -0.4 is 9.64 Å². The molecule has 1 aliphatic rings. The fraction of sp³-hybridized carbons (Fsp3) is 0.389. The standard InChI is InChI=1S/C18H19Cl2N5O/c1-12-21-22-17-2-3-18(23-25(12)17)24-6-4-13(5-7-24)11-26-16-9-14(19)8-15(20)10-16/h2-3,8-10,13H,4-7,11H2,1H3. The van der Waals surface area contributed by atoms with Crippen LogP contribution in [0.1, 0.15) is 18.7 Å². The van der Waals surface area contributed by atoms with Crippen LogP contribution in [0.5, 0.6) is 5.75 Å². The lowest BCUT2D eigenvalue weighted by atomic mass is 9.98. The van der Waals surface area contributed by atoms with Gasteiger partial charge >= 0.3 is 0 Å². The SMILES string of the molecule is Cc1nnc2ccc(N3CCC(COc4cc(Cl)cc(Cl)c4)CC3)nn12. The Morgan fingerprint density at radius 2 is 1.81 bits per heavy atom. The first-order chi connectivity index (χ1) is 12.6. The molecule has 26 heavy (non-hydrogen) atoms. The second-order valence-corrected chi connectivity index (χ2v) is 7.43. The van der Waals surface area contributed by atoms with Gasteiger partial charge in [0.05, 0.1) is 6.61 Å². The van der Waals surface area contributed by atoms with Crippen molar-refractivity contribution in [2.75, 3.05) is 24.6 Å². The average Bonchev–Trinajstić information content (AvgIpc) is 3.00. The van der Waals surface area contributed by atoms with Crippen LogP contribution in [0, 0.1) is 12.8 Å². The van der Waals surface area contributed by atoms with Gasteiger partial charge in [-0.3, -0.25) is 0 Å². The number of aromatic nitrogens is 4. The van der Waals surface area contributed by atoms with Gasteiger partial charge in [-0.05, 0) is 56.0 Å². The second-order valence-electron chi connectivity index (χ2n) is 6.56. The second kappa shape index (κ2) is 7.29. The number of piperidine rings is 1. The van der Waals surface area contributed by atoms with E-state index in [-0.39, 0.29) is 0 Å². The summed E-state index contributed by atoms with van der Waals surface area (Å²) >= 11 is 12.0. The van der Waals surface area contributed by atoms with Crippen molar-refractivity contribution in [3.05, 3.63) is 46.2 Å². The van der Waals surface area contributed by atoms with Gasteiger partial charge in [-0.2, -0.15) is 4.52 Å². The Labute approximate surface area is 161 Å². The molecule has 0 radical (unpaired) electrons. The van der Waals surface area contributed by atoms with Crippen molar-refractivity contribution in [2.24, 2.45) is 5.92 Å². The minimum absolute atomic E-state index is 0.504. The predicted octanol–water partition coefficient (Wildman–Crippen LogP) is 4.03. The van der Waals surface area contributed by atoms with Gasteiger partial charge in [-0.25, -0.2) is 0 Å². The molecule has 0 amide bonds. The van der Waals surface area contributed by atoms with Gasteiger partial charge in [0.15, 0.2) is 11.5 Å². The largest absolute Gasteiger partial charge is 0.493 e. The van der Waals surface area contributed by atoms with Crippen LogP contribution in [0.2, 0.25) is 10.0 Å². The fourth-order valence-electron chi connectivity index (χ4n) is 3.21. The lowest BCUT2D eigenvalue weighted by Gasteiger charge is -2.32. The number of ether oxygens (including phenoxy) is 1. The number of hydrogen-bond donors (Lipinski definition) is 0. The number of benzene rings is 1. The summed E-state index contributed by atoms with van der Waals surface area (Å²) in [6, 6.07) is 9.26. The molecule has 0 saturated carbocycles. The highest BCUT2D eigenvalue weighted by Crippen LogP contribution is 2.27. The fourth-order valence-corrected chi connectivity index (χ4v) is 3.72. The summed E-state index contributed by atoms with van der Waals surface area (Å²) in [5.41, 5.74) is 0.773. The highest BCUT2D eigenvalue weighted by Gasteiger charge is 2.21. The van der Waals surface area contributed by atoms with Crippen LogP contribution in [0.4, 0.5) is 5.82 Å². The molecular formula is C18H19Cl2N5O. The molecule has 0 atom stereocenters. The summed E-state index contributed by atoms with van der Waals surface area (Å²) in [4.78, 5) is 2.30. The van der Waals surface area contributed by atoms with E-state index < -0.39 is 0 Å². The average molecular weight is 392 g/mol. The summed E-state index contributed by atoms with van der Waals surface area (Å²) in [5, 5.41) is 14.0. The summed E-state index contributed by atoms with van der Waals surface area (Å²) in [5.74, 6) is 2.98. The van der Waals surface area contributed by atoms with Crippen molar-refractivity contribution in [1.29, 1.82) is 0 Å². The Kier molecular flexibility index (Phi) is 4.87. The minimum Gasteiger partial charge on any atom is -0.493 e. The van der Waals surface area contributed by atoms with E-state index in [0.29, 0.717) is 22.6 Å². The zero-order chi connectivity index (χ0) is 18.1. The van der Waals surface area contributed by atoms with Gasteiger partial charge in [-0.1, -0.05) is 23.2 Å². The summed E-state index contributed by atoms with van der Waals surface area (Å²) in [6.07, 6.45) is 2.10. The third-order valence-electron chi connectivity index (χ3n) is 4.66. The molecule has 2 aromatic heterocycles.